The van der Waals surface area contributed by atoms with E-state index in [4.69, 9.17) is 18.9 Å². The van der Waals surface area contributed by atoms with Gasteiger partial charge in [-0.15, -0.1) is 5.10 Å². The van der Waals surface area contributed by atoms with Crippen molar-refractivity contribution in [1.29, 1.82) is 0 Å². The fourth-order valence-electron chi connectivity index (χ4n) is 4.18. The lowest BCUT2D eigenvalue weighted by Gasteiger charge is -2.29. The number of benzene rings is 2. The van der Waals surface area contributed by atoms with E-state index < -0.39 is 0 Å². The predicted octanol–water partition coefficient (Wildman–Crippen LogP) is 3.93. The molecule has 3 heterocycles. The number of hydrogen-bond donors (Lipinski definition) is 2. The van der Waals surface area contributed by atoms with Gasteiger partial charge in [0, 0.05) is 11.3 Å². The van der Waals surface area contributed by atoms with Gasteiger partial charge in [0.1, 0.15) is 11.8 Å². The standard InChI is InChI=1S/C25H27N5O4S/c1-14-5-7-16(8-6-14)24-26-19(15(2)34-24)13-35-25-28-27-23(31)20-12-18(29-30(20)25)17-9-10-21(32-3)22(11-17)33-4/h5-11,18,20,29H,12-13H2,1-4H3,(H,27,31). The van der Waals surface area contributed by atoms with Gasteiger partial charge in [0.2, 0.25) is 5.89 Å². The minimum Gasteiger partial charge on any atom is -0.493 e. The second kappa shape index (κ2) is 9.63. The highest BCUT2D eigenvalue weighted by atomic mass is 32.2. The van der Waals surface area contributed by atoms with Gasteiger partial charge < -0.3 is 13.9 Å². The van der Waals surface area contributed by atoms with E-state index in [0.29, 0.717) is 34.7 Å². The molecule has 1 saturated heterocycles. The highest BCUT2D eigenvalue weighted by molar-refractivity contribution is 8.13. The number of hydrazone groups is 1. The first-order valence-corrected chi connectivity index (χ1v) is 12.3. The monoisotopic (exact) mass is 493 g/mol. The summed E-state index contributed by atoms with van der Waals surface area (Å²) >= 11 is 1.50. The van der Waals surface area contributed by atoms with E-state index in [9.17, 15) is 4.79 Å². The Bertz CT molecular complexity index is 1270. The van der Waals surface area contributed by atoms with Crippen LogP contribution in [0.4, 0.5) is 0 Å². The molecule has 1 fully saturated rings. The zero-order valence-corrected chi connectivity index (χ0v) is 20.8. The number of nitrogens with zero attached hydrogens (tertiary/aromatic N) is 3. The summed E-state index contributed by atoms with van der Waals surface area (Å²) in [5.41, 5.74) is 10.1. The van der Waals surface area contributed by atoms with Gasteiger partial charge in [-0.3, -0.25) is 9.80 Å². The number of oxazole rings is 1. The highest BCUT2D eigenvalue weighted by Crippen LogP contribution is 2.36. The molecule has 0 radical (unpaired) electrons. The van der Waals surface area contributed by atoms with Gasteiger partial charge in [-0.05, 0) is 50.1 Å². The highest BCUT2D eigenvalue weighted by Gasteiger charge is 2.42. The third-order valence-electron chi connectivity index (χ3n) is 6.18. The lowest BCUT2D eigenvalue weighted by Crippen LogP contribution is -2.52. The van der Waals surface area contributed by atoms with Crippen LogP contribution in [0.2, 0.25) is 0 Å². The molecule has 9 nitrogen and oxygen atoms in total. The normalized spacial score (nSPS) is 19.3. The number of ether oxygens (including phenoxy) is 2. The molecular weight excluding hydrogens is 466 g/mol. The van der Waals surface area contributed by atoms with Crippen LogP contribution in [0.15, 0.2) is 52.0 Å². The Kier molecular flexibility index (Phi) is 6.40. The Morgan fingerprint density at radius 3 is 2.63 bits per heavy atom. The number of methoxy groups -OCH3 is 2. The molecular formula is C25H27N5O4S. The van der Waals surface area contributed by atoms with Crippen molar-refractivity contribution in [2.24, 2.45) is 5.10 Å². The van der Waals surface area contributed by atoms with E-state index in [0.717, 1.165) is 22.6 Å². The number of amides is 1. The number of nitrogens with one attached hydrogen (secondary N) is 2. The predicted molar refractivity (Wildman–Crippen MR) is 134 cm³/mol. The van der Waals surface area contributed by atoms with Crippen LogP contribution in [0.3, 0.4) is 0 Å². The molecule has 2 atom stereocenters. The second-order valence-corrected chi connectivity index (χ2v) is 9.41. The Balaban J connectivity index is 1.30. The van der Waals surface area contributed by atoms with Crippen molar-refractivity contribution < 1.29 is 18.7 Å². The van der Waals surface area contributed by atoms with Crippen molar-refractivity contribution in [3.8, 4) is 23.0 Å². The summed E-state index contributed by atoms with van der Waals surface area (Å²) in [5, 5.41) is 6.83. The Morgan fingerprint density at radius 1 is 1.11 bits per heavy atom. The Labute approximate surface area is 207 Å². The largest absolute Gasteiger partial charge is 0.493 e. The van der Waals surface area contributed by atoms with Crippen molar-refractivity contribution in [2.75, 3.05) is 14.2 Å². The van der Waals surface area contributed by atoms with Crippen LogP contribution in [-0.2, 0) is 10.5 Å². The van der Waals surface area contributed by atoms with Crippen molar-refractivity contribution in [3.63, 3.8) is 0 Å². The number of rotatable bonds is 6. The molecule has 1 aromatic heterocycles. The van der Waals surface area contributed by atoms with Gasteiger partial charge in [0.05, 0.1) is 26.0 Å². The lowest BCUT2D eigenvalue weighted by atomic mass is 10.0. The Hall–Kier alpha value is -3.50. The average molecular weight is 494 g/mol. The lowest BCUT2D eigenvalue weighted by molar-refractivity contribution is -0.125. The molecule has 2 aliphatic heterocycles. The Morgan fingerprint density at radius 2 is 1.89 bits per heavy atom. The van der Waals surface area contributed by atoms with E-state index >= 15 is 0 Å². The van der Waals surface area contributed by atoms with Crippen LogP contribution in [0.1, 0.15) is 35.0 Å². The molecule has 0 saturated carbocycles. The fraction of sp³-hybridized carbons (Fsp3) is 0.320. The van der Waals surface area contributed by atoms with Gasteiger partial charge in [-0.25, -0.2) is 15.8 Å². The summed E-state index contributed by atoms with van der Waals surface area (Å²) in [7, 11) is 3.22. The number of aromatic nitrogens is 1. The smallest absolute Gasteiger partial charge is 0.264 e. The van der Waals surface area contributed by atoms with Gasteiger partial charge in [-0.2, -0.15) is 0 Å². The zero-order valence-electron chi connectivity index (χ0n) is 20.0. The molecule has 2 aromatic carbocycles. The quantitative estimate of drug-likeness (QED) is 0.533. The number of thioether (sulfide) groups is 1. The number of carbonyl (C=O) groups is 1. The number of amidine groups is 1. The molecule has 2 unspecified atom stereocenters. The van der Waals surface area contributed by atoms with Crippen LogP contribution in [0, 0.1) is 13.8 Å². The second-order valence-electron chi connectivity index (χ2n) is 8.46. The van der Waals surface area contributed by atoms with E-state index in [1.165, 1.54) is 17.3 Å². The number of hydrazine groups is 1. The summed E-state index contributed by atoms with van der Waals surface area (Å²) in [6.07, 6.45) is 0.599. The number of aryl methyl sites for hydroxylation is 2. The van der Waals surface area contributed by atoms with Crippen molar-refractivity contribution in [3.05, 3.63) is 65.0 Å². The van der Waals surface area contributed by atoms with Crippen molar-refractivity contribution in [1.82, 2.24) is 20.8 Å². The summed E-state index contributed by atoms with van der Waals surface area (Å²) in [6, 6.07) is 13.4. The summed E-state index contributed by atoms with van der Waals surface area (Å²) in [4.78, 5) is 17.3. The fourth-order valence-corrected chi connectivity index (χ4v) is 5.14. The molecule has 10 heteroatoms. The first-order valence-electron chi connectivity index (χ1n) is 11.3. The van der Waals surface area contributed by atoms with Crippen molar-refractivity contribution >= 4 is 22.8 Å². The minimum atomic E-state index is -0.366. The summed E-state index contributed by atoms with van der Waals surface area (Å²) in [5.74, 6) is 3.10. The maximum absolute atomic E-state index is 12.6. The molecule has 5 rings (SSSR count). The first-order chi connectivity index (χ1) is 17.0. The maximum atomic E-state index is 12.6. The van der Waals surface area contributed by atoms with Crippen LogP contribution in [0.25, 0.3) is 11.5 Å². The van der Waals surface area contributed by atoms with E-state index in [1.54, 1.807) is 14.2 Å². The molecule has 182 valence electrons. The molecule has 2 aliphatic rings. The minimum absolute atomic E-state index is 0.0728. The van der Waals surface area contributed by atoms with Crippen LogP contribution in [0.5, 0.6) is 11.5 Å². The summed E-state index contributed by atoms with van der Waals surface area (Å²) < 4.78 is 16.7. The van der Waals surface area contributed by atoms with Gasteiger partial charge in [0.25, 0.3) is 5.91 Å². The molecule has 35 heavy (non-hydrogen) atoms. The maximum Gasteiger partial charge on any atom is 0.264 e. The van der Waals surface area contributed by atoms with Gasteiger partial charge in [-0.1, -0.05) is 35.5 Å². The van der Waals surface area contributed by atoms with Gasteiger partial charge in [0.15, 0.2) is 16.7 Å². The zero-order chi connectivity index (χ0) is 24.5. The number of fused-ring (bicyclic) bond motifs is 1. The third kappa shape index (κ3) is 4.59. The third-order valence-corrected chi connectivity index (χ3v) is 7.14. The molecule has 3 aromatic rings. The average Bonchev–Trinajstić information content (AvgIpc) is 3.48. The molecule has 2 N–H and O–H groups in total. The number of hydrogen-bond acceptors (Lipinski definition) is 9. The van der Waals surface area contributed by atoms with E-state index in [2.05, 4.69) is 16.0 Å². The molecule has 0 spiro atoms. The molecule has 0 bridgehead atoms. The molecule has 1 amide bonds. The summed E-state index contributed by atoms with van der Waals surface area (Å²) in [6.45, 7) is 3.96. The molecule has 0 aliphatic carbocycles. The topological polar surface area (TPSA) is 101 Å². The van der Waals surface area contributed by atoms with E-state index in [1.807, 2.05) is 61.3 Å². The first kappa shape index (κ1) is 23.3. The number of carbonyl (C=O) groups excluding carboxylic acids is 1. The SMILES string of the molecule is COc1ccc(C2CC3C(=O)NN=C(SCc4nc(-c5ccc(C)cc5)oc4C)N3N2)cc1OC. The van der Waals surface area contributed by atoms with Crippen LogP contribution in [-0.4, -0.2) is 41.3 Å². The van der Waals surface area contributed by atoms with Crippen LogP contribution >= 0.6 is 11.8 Å². The van der Waals surface area contributed by atoms with Crippen LogP contribution < -0.4 is 20.3 Å². The van der Waals surface area contributed by atoms with E-state index in [-0.39, 0.29) is 18.0 Å². The van der Waals surface area contributed by atoms with Gasteiger partial charge >= 0.3 is 0 Å². The van der Waals surface area contributed by atoms with Crippen molar-refractivity contribution in [2.45, 2.75) is 38.1 Å².